The molecule has 0 aromatic carbocycles. The zero-order valence-electron chi connectivity index (χ0n) is 11.6. The van der Waals surface area contributed by atoms with Crippen LogP contribution < -0.4 is 15.4 Å². The fourth-order valence-electron chi connectivity index (χ4n) is 1.51. The van der Waals surface area contributed by atoms with Crippen molar-refractivity contribution in [2.75, 3.05) is 12.4 Å². The van der Waals surface area contributed by atoms with E-state index in [0.29, 0.717) is 12.1 Å². The number of methoxy groups -OCH3 is 1. The van der Waals surface area contributed by atoms with Crippen molar-refractivity contribution in [1.82, 2.24) is 15.3 Å². The van der Waals surface area contributed by atoms with E-state index in [1.165, 1.54) is 19.6 Å². The van der Waals surface area contributed by atoms with Crippen LogP contribution in [0.25, 0.3) is 0 Å². The highest BCUT2D eigenvalue weighted by Crippen LogP contribution is 2.19. The van der Waals surface area contributed by atoms with Crippen molar-refractivity contribution < 1.29 is 19.4 Å². The Morgan fingerprint density at radius 1 is 1.45 bits per heavy atom. The zero-order valence-corrected chi connectivity index (χ0v) is 11.6. The van der Waals surface area contributed by atoms with Crippen LogP contribution in [-0.4, -0.2) is 39.7 Å². The number of rotatable bonds is 6. The number of anilines is 1. The lowest BCUT2D eigenvalue weighted by atomic mass is 9.99. The largest absolute Gasteiger partial charge is 0.481 e. The van der Waals surface area contributed by atoms with E-state index in [4.69, 9.17) is 9.84 Å². The summed E-state index contributed by atoms with van der Waals surface area (Å²) in [4.78, 5) is 30.0. The fourth-order valence-corrected chi connectivity index (χ4v) is 1.51. The Morgan fingerprint density at radius 3 is 2.75 bits per heavy atom. The van der Waals surface area contributed by atoms with Crippen LogP contribution in [0.1, 0.15) is 26.7 Å². The second-order valence-electron chi connectivity index (χ2n) is 4.80. The third-order valence-corrected chi connectivity index (χ3v) is 2.53. The first kappa shape index (κ1) is 15.7. The number of nitrogens with one attached hydrogen (secondary N) is 2. The average molecular weight is 282 g/mol. The first-order valence-corrected chi connectivity index (χ1v) is 5.99. The number of ether oxygens (including phenoxy) is 1. The molecule has 0 saturated carbocycles. The van der Waals surface area contributed by atoms with Gasteiger partial charge in [0.05, 0.1) is 13.3 Å². The Balaban J connectivity index is 2.60. The van der Waals surface area contributed by atoms with E-state index in [1.807, 2.05) is 0 Å². The molecule has 8 nitrogen and oxygen atoms in total. The van der Waals surface area contributed by atoms with Gasteiger partial charge in [0.2, 0.25) is 5.88 Å². The van der Waals surface area contributed by atoms with E-state index in [-0.39, 0.29) is 12.3 Å². The lowest BCUT2D eigenvalue weighted by Gasteiger charge is -2.25. The van der Waals surface area contributed by atoms with Crippen molar-refractivity contribution in [2.24, 2.45) is 0 Å². The van der Waals surface area contributed by atoms with Crippen LogP contribution >= 0.6 is 0 Å². The van der Waals surface area contributed by atoms with Gasteiger partial charge in [-0.15, -0.1) is 0 Å². The quantitative estimate of drug-likeness (QED) is 0.723. The molecule has 1 aromatic heterocycles. The third kappa shape index (κ3) is 5.09. The minimum absolute atomic E-state index is 0.0228. The van der Waals surface area contributed by atoms with E-state index in [9.17, 15) is 9.59 Å². The van der Waals surface area contributed by atoms with Crippen LogP contribution in [-0.2, 0) is 4.79 Å². The minimum Gasteiger partial charge on any atom is -0.481 e. The summed E-state index contributed by atoms with van der Waals surface area (Å²) in [5, 5.41) is 13.9. The molecule has 3 N–H and O–H groups in total. The topological polar surface area (TPSA) is 113 Å². The number of amides is 2. The van der Waals surface area contributed by atoms with E-state index in [0.717, 1.165) is 0 Å². The first-order chi connectivity index (χ1) is 9.34. The molecule has 0 unspecified atom stereocenters. The van der Waals surface area contributed by atoms with Gasteiger partial charge in [-0.25, -0.2) is 9.78 Å². The number of carboxylic acids is 1. The monoisotopic (exact) mass is 282 g/mol. The molecular weight excluding hydrogens is 264 g/mol. The number of carbonyl (C=O) groups excluding carboxylic acids is 1. The predicted molar refractivity (Wildman–Crippen MR) is 71.7 cm³/mol. The molecule has 1 heterocycles. The van der Waals surface area contributed by atoms with Crippen molar-refractivity contribution in [3.8, 4) is 5.88 Å². The van der Waals surface area contributed by atoms with Crippen LogP contribution in [0.15, 0.2) is 12.5 Å². The smallest absolute Gasteiger partial charge is 0.319 e. The first-order valence-electron chi connectivity index (χ1n) is 5.99. The van der Waals surface area contributed by atoms with Crippen molar-refractivity contribution in [1.29, 1.82) is 0 Å². The van der Waals surface area contributed by atoms with Crippen LogP contribution in [0.5, 0.6) is 5.88 Å². The zero-order chi connectivity index (χ0) is 15.2. The SMILES string of the molecule is COc1ncncc1NC(=O)NC(C)(C)CCC(=O)O. The van der Waals surface area contributed by atoms with Crippen LogP contribution in [0.4, 0.5) is 10.5 Å². The number of hydrogen-bond donors (Lipinski definition) is 3. The van der Waals surface area contributed by atoms with Crippen molar-refractivity contribution in [3.63, 3.8) is 0 Å². The molecule has 110 valence electrons. The summed E-state index contributed by atoms with van der Waals surface area (Å²) in [6, 6.07) is -0.478. The van der Waals surface area contributed by atoms with Gasteiger partial charge in [-0.2, -0.15) is 4.98 Å². The summed E-state index contributed by atoms with van der Waals surface area (Å²) in [5.74, 6) is -0.656. The summed E-state index contributed by atoms with van der Waals surface area (Å²) in [6.45, 7) is 3.49. The highest BCUT2D eigenvalue weighted by atomic mass is 16.5. The van der Waals surface area contributed by atoms with Crippen LogP contribution in [0.2, 0.25) is 0 Å². The standard InChI is InChI=1S/C12H18N4O4/c1-12(2,5-4-9(17)18)16-11(19)15-8-6-13-7-14-10(8)20-3/h6-7H,4-5H2,1-3H3,(H,17,18)(H2,15,16,19). The second kappa shape index (κ2) is 6.69. The molecular formula is C12H18N4O4. The Bertz CT molecular complexity index is 490. The lowest BCUT2D eigenvalue weighted by molar-refractivity contribution is -0.137. The Hall–Kier alpha value is -2.38. The third-order valence-electron chi connectivity index (χ3n) is 2.53. The molecule has 0 bridgehead atoms. The molecule has 0 saturated heterocycles. The molecule has 0 aliphatic rings. The number of aromatic nitrogens is 2. The molecule has 0 radical (unpaired) electrons. The average Bonchev–Trinajstić information content (AvgIpc) is 2.36. The Kier molecular flexibility index (Phi) is 5.24. The maximum absolute atomic E-state index is 11.9. The lowest BCUT2D eigenvalue weighted by Crippen LogP contribution is -2.45. The molecule has 0 fully saturated rings. The maximum atomic E-state index is 11.9. The number of carbonyl (C=O) groups is 2. The van der Waals surface area contributed by atoms with Gasteiger partial charge in [0.15, 0.2) is 0 Å². The molecule has 0 atom stereocenters. The normalized spacial score (nSPS) is 10.8. The Labute approximate surface area is 116 Å². The molecule has 0 aliphatic heterocycles. The van der Waals surface area contributed by atoms with Gasteiger partial charge in [0, 0.05) is 12.0 Å². The maximum Gasteiger partial charge on any atom is 0.319 e. The van der Waals surface area contributed by atoms with Crippen molar-refractivity contribution in [3.05, 3.63) is 12.5 Å². The highest BCUT2D eigenvalue weighted by Gasteiger charge is 2.22. The van der Waals surface area contributed by atoms with E-state index in [2.05, 4.69) is 20.6 Å². The number of hydrogen-bond acceptors (Lipinski definition) is 5. The summed E-state index contributed by atoms with van der Waals surface area (Å²) in [6.07, 6.45) is 3.01. The molecule has 1 rings (SSSR count). The van der Waals surface area contributed by atoms with E-state index < -0.39 is 17.5 Å². The summed E-state index contributed by atoms with van der Waals surface area (Å²) in [5.41, 5.74) is -0.313. The van der Waals surface area contributed by atoms with Gasteiger partial charge in [0.25, 0.3) is 0 Å². The second-order valence-corrected chi connectivity index (χ2v) is 4.80. The molecule has 0 spiro atoms. The number of nitrogens with zero attached hydrogens (tertiary/aromatic N) is 2. The van der Waals surface area contributed by atoms with Gasteiger partial charge in [-0.3, -0.25) is 4.79 Å². The van der Waals surface area contributed by atoms with Gasteiger partial charge in [-0.05, 0) is 20.3 Å². The van der Waals surface area contributed by atoms with Gasteiger partial charge < -0.3 is 20.5 Å². The van der Waals surface area contributed by atoms with E-state index >= 15 is 0 Å². The van der Waals surface area contributed by atoms with Crippen LogP contribution in [0.3, 0.4) is 0 Å². The predicted octanol–water partition coefficient (Wildman–Crippen LogP) is 1.25. The van der Waals surface area contributed by atoms with Crippen LogP contribution in [0, 0.1) is 0 Å². The number of carboxylic acid groups (broad SMARTS) is 1. The fraction of sp³-hybridized carbons (Fsp3) is 0.500. The summed E-state index contributed by atoms with van der Waals surface area (Å²) >= 11 is 0. The highest BCUT2D eigenvalue weighted by molar-refractivity contribution is 5.90. The van der Waals surface area contributed by atoms with Gasteiger partial charge in [0.1, 0.15) is 12.0 Å². The molecule has 2 amide bonds. The summed E-state index contributed by atoms with van der Waals surface area (Å²) < 4.78 is 4.98. The van der Waals surface area contributed by atoms with Crippen molar-refractivity contribution >= 4 is 17.7 Å². The minimum atomic E-state index is -0.904. The molecule has 20 heavy (non-hydrogen) atoms. The number of urea groups is 1. The summed E-state index contributed by atoms with van der Waals surface area (Å²) in [7, 11) is 1.43. The van der Waals surface area contributed by atoms with Gasteiger partial charge in [-0.1, -0.05) is 0 Å². The van der Waals surface area contributed by atoms with Crippen molar-refractivity contribution in [2.45, 2.75) is 32.2 Å². The molecule has 1 aromatic rings. The van der Waals surface area contributed by atoms with E-state index in [1.54, 1.807) is 13.8 Å². The number of aliphatic carboxylic acids is 1. The molecule has 8 heteroatoms. The Morgan fingerprint density at radius 2 is 2.15 bits per heavy atom. The van der Waals surface area contributed by atoms with Gasteiger partial charge >= 0.3 is 12.0 Å². The molecule has 0 aliphatic carbocycles.